The lowest BCUT2D eigenvalue weighted by Crippen LogP contribution is -2.39. The van der Waals surface area contributed by atoms with Gasteiger partial charge < -0.3 is 15.2 Å². The SMILES string of the molecule is COc1ccc(-c2nnc(NC3CC(O)C3)c3ccccc23)cc1. The second-order valence-electron chi connectivity index (χ2n) is 6.14. The smallest absolute Gasteiger partial charge is 0.156 e. The molecule has 1 aliphatic carbocycles. The number of aliphatic hydroxyl groups is 1. The molecule has 0 saturated heterocycles. The molecule has 0 radical (unpaired) electrons. The van der Waals surface area contributed by atoms with E-state index in [0.29, 0.717) is 0 Å². The van der Waals surface area contributed by atoms with E-state index in [4.69, 9.17) is 4.74 Å². The summed E-state index contributed by atoms with van der Waals surface area (Å²) in [6.45, 7) is 0. The molecule has 0 bridgehead atoms. The van der Waals surface area contributed by atoms with Crippen LogP contribution in [0.15, 0.2) is 48.5 Å². The van der Waals surface area contributed by atoms with Gasteiger partial charge in [-0.25, -0.2) is 0 Å². The van der Waals surface area contributed by atoms with Crippen molar-refractivity contribution in [2.24, 2.45) is 0 Å². The van der Waals surface area contributed by atoms with E-state index in [1.54, 1.807) is 7.11 Å². The Morgan fingerprint density at radius 1 is 1.00 bits per heavy atom. The molecule has 0 aliphatic heterocycles. The van der Waals surface area contributed by atoms with Gasteiger partial charge in [0, 0.05) is 22.4 Å². The van der Waals surface area contributed by atoms with Crippen LogP contribution in [-0.4, -0.2) is 34.6 Å². The summed E-state index contributed by atoms with van der Waals surface area (Å²) in [5.41, 5.74) is 1.86. The number of hydrogen-bond donors (Lipinski definition) is 2. The number of aliphatic hydroxyl groups excluding tert-OH is 1. The van der Waals surface area contributed by atoms with Gasteiger partial charge >= 0.3 is 0 Å². The second kappa shape index (κ2) is 6.09. The average molecular weight is 321 g/mol. The quantitative estimate of drug-likeness (QED) is 0.772. The first-order valence-corrected chi connectivity index (χ1v) is 8.09. The molecule has 0 atom stereocenters. The number of hydrogen-bond acceptors (Lipinski definition) is 5. The van der Waals surface area contributed by atoms with Crippen molar-refractivity contribution in [3.8, 4) is 17.0 Å². The van der Waals surface area contributed by atoms with Crippen molar-refractivity contribution in [3.05, 3.63) is 48.5 Å². The molecular formula is C19H19N3O2. The van der Waals surface area contributed by atoms with Crippen molar-refractivity contribution in [2.45, 2.75) is 25.0 Å². The number of nitrogens with one attached hydrogen (secondary N) is 1. The second-order valence-corrected chi connectivity index (χ2v) is 6.14. The van der Waals surface area contributed by atoms with Gasteiger partial charge in [0.2, 0.25) is 0 Å². The van der Waals surface area contributed by atoms with Crippen LogP contribution in [0.1, 0.15) is 12.8 Å². The van der Waals surface area contributed by atoms with Gasteiger partial charge in [-0.3, -0.25) is 0 Å². The normalized spacial score (nSPS) is 19.8. The predicted octanol–water partition coefficient (Wildman–Crippen LogP) is 3.24. The Morgan fingerprint density at radius 3 is 2.38 bits per heavy atom. The maximum Gasteiger partial charge on any atom is 0.156 e. The molecule has 1 aromatic heterocycles. The number of aromatic nitrogens is 2. The fourth-order valence-corrected chi connectivity index (χ4v) is 3.07. The van der Waals surface area contributed by atoms with Gasteiger partial charge in [-0.15, -0.1) is 10.2 Å². The molecule has 5 heteroatoms. The number of rotatable bonds is 4. The Morgan fingerprint density at radius 2 is 1.71 bits per heavy atom. The molecule has 2 aromatic carbocycles. The molecule has 24 heavy (non-hydrogen) atoms. The van der Waals surface area contributed by atoms with Crippen LogP contribution in [0.5, 0.6) is 5.75 Å². The highest BCUT2D eigenvalue weighted by Crippen LogP contribution is 2.32. The zero-order chi connectivity index (χ0) is 16.5. The summed E-state index contributed by atoms with van der Waals surface area (Å²) >= 11 is 0. The predicted molar refractivity (Wildman–Crippen MR) is 94.2 cm³/mol. The lowest BCUT2D eigenvalue weighted by Gasteiger charge is -2.32. The topological polar surface area (TPSA) is 67.3 Å². The zero-order valence-corrected chi connectivity index (χ0v) is 13.4. The molecule has 3 aromatic rings. The van der Waals surface area contributed by atoms with Crippen LogP contribution < -0.4 is 10.1 Å². The number of methoxy groups -OCH3 is 1. The highest BCUT2D eigenvalue weighted by Gasteiger charge is 2.27. The van der Waals surface area contributed by atoms with Crippen LogP contribution in [0.2, 0.25) is 0 Å². The summed E-state index contributed by atoms with van der Waals surface area (Å²) in [6.07, 6.45) is 1.33. The van der Waals surface area contributed by atoms with Gasteiger partial charge in [-0.05, 0) is 37.1 Å². The summed E-state index contributed by atoms with van der Waals surface area (Å²) in [5, 5.41) is 23.8. The third kappa shape index (κ3) is 2.67. The third-order valence-electron chi connectivity index (χ3n) is 4.50. The fraction of sp³-hybridized carbons (Fsp3) is 0.263. The molecule has 122 valence electrons. The minimum absolute atomic E-state index is 0.194. The van der Waals surface area contributed by atoms with Crippen molar-refractivity contribution in [2.75, 3.05) is 12.4 Å². The van der Waals surface area contributed by atoms with Crippen molar-refractivity contribution in [1.82, 2.24) is 10.2 Å². The Bertz CT molecular complexity index is 858. The average Bonchev–Trinajstić information content (AvgIpc) is 2.61. The van der Waals surface area contributed by atoms with E-state index in [2.05, 4.69) is 27.6 Å². The number of nitrogens with zero attached hydrogens (tertiary/aromatic N) is 2. The van der Waals surface area contributed by atoms with E-state index in [1.165, 1.54) is 0 Å². The first-order valence-electron chi connectivity index (χ1n) is 8.09. The summed E-state index contributed by atoms with van der Waals surface area (Å²) in [6, 6.07) is 16.2. The minimum atomic E-state index is -0.194. The van der Waals surface area contributed by atoms with Crippen molar-refractivity contribution < 1.29 is 9.84 Å². The van der Waals surface area contributed by atoms with E-state index in [-0.39, 0.29) is 12.1 Å². The largest absolute Gasteiger partial charge is 0.497 e. The Kier molecular flexibility index (Phi) is 3.78. The number of anilines is 1. The van der Waals surface area contributed by atoms with Crippen LogP contribution in [0, 0.1) is 0 Å². The van der Waals surface area contributed by atoms with Crippen LogP contribution in [0.25, 0.3) is 22.0 Å². The molecule has 4 rings (SSSR count). The summed E-state index contributed by atoms with van der Waals surface area (Å²) in [4.78, 5) is 0. The van der Waals surface area contributed by atoms with Crippen molar-refractivity contribution >= 4 is 16.6 Å². The Balaban J connectivity index is 1.74. The molecule has 5 nitrogen and oxygen atoms in total. The lowest BCUT2D eigenvalue weighted by molar-refractivity contribution is 0.0835. The molecule has 1 fully saturated rings. The van der Waals surface area contributed by atoms with E-state index in [9.17, 15) is 5.11 Å². The number of benzene rings is 2. The lowest BCUT2D eigenvalue weighted by atomic mass is 9.89. The standard InChI is InChI=1S/C19H19N3O2/c1-24-15-8-6-12(7-9-15)18-16-4-2-3-5-17(16)19(22-21-18)20-13-10-14(23)11-13/h2-9,13-14,23H,10-11H2,1H3,(H,20,22). The maximum absolute atomic E-state index is 9.46. The molecular weight excluding hydrogens is 302 g/mol. The Hall–Kier alpha value is -2.66. The van der Waals surface area contributed by atoms with Crippen LogP contribution in [0.4, 0.5) is 5.82 Å². The molecule has 1 aliphatic rings. The van der Waals surface area contributed by atoms with E-state index < -0.39 is 0 Å². The zero-order valence-electron chi connectivity index (χ0n) is 13.4. The molecule has 0 unspecified atom stereocenters. The third-order valence-corrected chi connectivity index (χ3v) is 4.50. The van der Waals surface area contributed by atoms with E-state index >= 15 is 0 Å². The number of fused-ring (bicyclic) bond motifs is 1. The highest BCUT2D eigenvalue weighted by atomic mass is 16.5. The van der Waals surface area contributed by atoms with Gasteiger partial charge in [-0.2, -0.15) is 0 Å². The molecule has 2 N–H and O–H groups in total. The summed E-state index contributed by atoms with van der Waals surface area (Å²) in [5.74, 6) is 1.60. The van der Waals surface area contributed by atoms with E-state index in [1.807, 2.05) is 36.4 Å². The Labute approximate surface area is 140 Å². The fourth-order valence-electron chi connectivity index (χ4n) is 3.07. The van der Waals surface area contributed by atoms with Crippen molar-refractivity contribution in [3.63, 3.8) is 0 Å². The minimum Gasteiger partial charge on any atom is -0.497 e. The van der Waals surface area contributed by atoms with Crippen LogP contribution in [0.3, 0.4) is 0 Å². The van der Waals surface area contributed by atoms with Crippen LogP contribution >= 0.6 is 0 Å². The van der Waals surface area contributed by atoms with Gasteiger partial charge in [0.15, 0.2) is 5.82 Å². The van der Waals surface area contributed by atoms with Gasteiger partial charge in [0.05, 0.1) is 13.2 Å². The van der Waals surface area contributed by atoms with Gasteiger partial charge in [0.25, 0.3) is 0 Å². The number of ether oxygens (including phenoxy) is 1. The molecule has 0 spiro atoms. The van der Waals surface area contributed by atoms with Gasteiger partial charge in [-0.1, -0.05) is 24.3 Å². The first-order chi connectivity index (χ1) is 11.7. The highest BCUT2D eigenvalue weighted by molar-refractivity contribution is 6.00. The van der Waals surface area contributed by atoms with E-state index in [0.717, 1.165) is 46.4 Å². The first kappa shape index (κ1) is 14.9. The summed E-state index contributed by atoms with van der Waals surface area (Å²) < 4.78 is 5.22. The molecule has 0 amide bonds. The maximum atomic E-state index is 9.46. The molecule has 1 heterocycles. The monoisotopic (exact) mass is 321 g/mol. The van der Waals surface area contributed by atoms with Crippen LogP contribution in [-0.2, 0) is 0 Å². The van der Waals surface area contributed by atoms with Gasteiger partial charge in [0.1, 0.15) is 11.4 Å². The molecule has 1 saturated carbocycles. The summed E-state index contributed by atoms with van der Waals surface area (Å²) in [7, 11) is 1.65. The van der Waals surface area contributed by atoms with Crippen molar-refractivity contribution in [1.29, 1.82) is 0 Å².